The summed E-state index contributed by atoms with van der Waals surface area (Å²) in [5, 5.41) is 0.745. The zero-order valence-corrected chi connectivity index (χ0v) is 21.1. The third-order valence-electron chi connectivity index (χ3n) is 7.09. The van der Waals surface area contributed by atoms with Gasteiger partial charge >= 0.3 is 0 Å². The number of halogens is 1. The van der Waals surface area contributed by atoms with Crippen molar-refractivity contribution < 1.29 is 4.79 Å². The number of benzene rings is 4. The van der Waals surface area contributed by atoms with Gasteiger partial charge in [0.2, 0.25) is 5.91 Å². The van der Waals surface area contributed by atoms with Gasteiger partial charge in [-0.1, -0.05) is 115 Å². The Bertz CT molecular complexity index is 1220. The summed E-state index contributed by atoms with van der Waals surface area (Å²) in [6, 6.07) is 39.5. The van der Waals surface area contributed by atoms with Crippen molar-refractivity contribution in [1.82, 2.24) is 9.80 Å². The molecule has 1 unspecified atom stereocenters. The van der Waals surface area contributed by atoms with Crippen LogP contribution >= 0.6 is 11.6 Å². The molecule has 4 heteroatoms. The van der Waals surface area contributed by atoms with Crippen molar-refractivity contribution >= 4 is 17.5 Å². The molecule has 1 atom stereocenters. The monoisotopic (exact) mass is 494 g/mol. The number of hydrogen-bond acceptors (Lipinski definition) is 2. The summed E-state index contributed by atoms with van der Waals surface area (Å²) in [6.45, 7) is 3.08. The molecule has 0 bridgehead atoms. The maximum atomic E-state index is 13.5. The Morgan fingerprint density at radius 3 is 1.67 bits per heavy atom. The third-order valence-corrected chi connectivity index (χ3v) is 7.33. The Balaban J connectivity index is 1.31. The first-order valence-corrected chi connectivity index (χ1v) is 13.0. The van der Waals surface area contributed by atoms with Crippen molar-refractivity contribution in [3.05, 3.63) is 143 Å². The van der Waals surface area contributed by atoms with Crippen molar-refractivity contribution in [2.45, 2.75) is 18.4 Å². The topological polar surface area (TPSA) is 23.6 Å². The van der Waals surface area contributed by atoms with Crippen LogP contribution in [0.5, 0.6) is 0 Å². The first-order valence-electron chi connectivity index (χ1n) is 12.6. The second-order valence-electron chi connectivity index (χ2n) is 9.36. The van der Waals surface area contributed by atoms with Gasteiger partial charge in [-0.25, -0.2) is 0 Å². The summed E-state index contributed by atoms with van der Waals surface area (Å²) in [4.78, 5) is 18.0. The number of piperazine rings is 1. The second kappa shape index (κ2) is 11.6. The zero-order chi connectivity index (χ0) is 24.7. The lowest BCUT2D eigenvalue weighted by Crippen LogP contribution is -2.50. The number of carbonyl (C=O) groups is 1. The van der Waals surface area contributed by atoms with Crippen molar-refractivity contribution in [2.24, 2.45) is 0 Å². The molecule has 0 radical (unpaired) electrons. The summed E-state index contributed by atoms with van der Waals surface area (Å²) < 4.78 is 0. The minimum Gasteiger partial charge on any atom is -0.340 e. The summed E-state index contributed by atoms with van der Waals surface area (Å²) in [5.74, 6) is 0.271. The fraction of sp³-hybridized carbons (Fsp3) is 0.219. The smallest absolute Gasteiger partial charge is 0.223 e. The molecule has 1 aliphatic heterocycles. The van der Waals surface area contributed by atoms with Crippen LogP contribution in [-0.2, 0) is 4.79 Å². The van der Waals surface area contributed by atoms with Crippen LogP contribution in [0, 0.1) is 0 Å². The molecule has 1 fully saturated rings. The average molecular weight is 495 g/mol. The predicted molar refractivity (Wildman–Crippen MR) is 147 cm³/mol. The van der Waals surface area contributed by atoms with E-state index < -0.39 is 0 Å². The second-order valence-corrected chi connectivity index (χ2v) is 9.80. The molecule has 0 spiro atoms. The van der Waals surface area contributed by atoms with Crippen molar-refractivity contribution in [3.63, 3.8) is 0 Å². The molecule has 4 aromatic carbocycles. The molecule has 4 aromatic rings. The van der Waals surface area contributed by atoms with Crippen LogP contribution in [-0.4, -0.2) is 41.9 Å². The van der Waals surface area contributed by atoms with Gasteiger partial charge in [-0.15, -0.1) is 0 Å². The molecule has 0 N–H and O–H groups in total. The SMILES string of the molecule is O=C(CC(c1ccccc1)c1ccccc1)N1CCN(C(c2ccccc2)c2cccc(Cl)c2)CC1. The number of rotatable bonds is 7. The van der Waals surface area contributed by atoms with Crippen LogP contribution in [0.3, 0.4) is 0 Å². The van der Waals surface area contributed by atoms with Gasteiger partial charge in [-0.3, -0.25) is 9.69 Å². The first kappa shape index (κ1) is 24.3. The molecular formula is C32H31ClN2O. The average Bonchev–Trinajstić information content (AvgIpc) is 2.94. The normalized spacial score (nSPS) is 15.1. The number of carbonyl (C=O) groups excluding carboxylic acids is 1. The first-order chi connectivity index (χ1) is 17.7. The number of nitrogens with zero attached hydrogens (tertiary/aromatic N) is 2. The summed E-state index contributed by atoms with van der Waals surface area (Å²) >= 11 is 6.36. The molecule has 182 valence electrons. The van der Waals surface area contributed by atoms with Crippen LogP contribution in [0.4, 0.5) is 0 Å². The van der Waals surface area contributed by atoms with E-state index in [-0.39, 0.29) is 17.9 Å². The molecule has 1 aliphatic rings. The van der Waals surface area contributed by atoms with E-state index in [1.807, 2.05) is 59.5 Å². The Hall–Kier alpha value is -3.40. The van der Waals surface area contributed by atoms with Gasteiger partial charge in [0, 0.05) is 43.5 Å². The van der Waals surface area contributed by atoms with Gasteiger partial charge in [0.15, 0.2) is 0 Å². The molecule has 36 heavy (non-hydrogen) atoms. The third kappa shape index (κ3) is 5.70. The van der Waals surface area contributed by atoms with Crippen LogP contribution in [0.2, 0.25) is 5.02 Å². The van der Waals surface area contributed by atoms with E-state index in [0.29, 0.717) is 6.42 Å². The highest BCUT2D eigenvalue weighted by atomic mass is 35.5. The molecule has 1 amide bonds. The Morgan fingerprint density at radius 1 is 0.639 bits per heavy atom. The molecular weight excluding hydrogens is 464 g/mol. The van der Waals surface area contributed by atoms with E-state index in [1.54, 1.807) is 0 Å². The Labute approximate surface area is 219 Å². The van der Waals surface area contributed by atoms with Gasteiger partial charge in [0.25, 0.3) is 0 Å². The summed E-state index contributed by atoms with van der Waals surface area (Å²) in [7, 11) is 0. The van der Waals surface area contributed by atoms with E-state index in [2.05, 4.69) is 65.6 Å². The predicted octanol–water partition coefficient (Wildman–Crippen LogP) is 6.80. The van der Waals surface area contributed by atoms with Crippen LogP contribution in [0.15, 0.2) is 115 Å². The van der Waals surface area contributed by atoms with E-state index in [9.17, 15) is 4.79 Å². The molecule has 1 heterocycles. The largest absolute Gasteiger partial charge is 0.340 e. The lowest BCUT2D eigenvalue weighted by Gasteiger charge is -2.40. The fourth-order valence-corrected chi connectivity index (χ4v) is 5.46. The fourth-order valence-electron chi connectivity index (χ4n) is 5.26. The maximum Gasteiger partial charge on any atom is 0.223 e. The molecule has 3 nitrogen and oxygen atoms in total. The van der Waals surface area contributed by atoms with E-state index in [4.69, 9.17) is 11.6 Å². The molecule has 0 saturated carbocycles. The van der Waals surface area contributed by atoms with Gasteiger partial charge in [-0.2, -0.15) is 0 Å². The van der Waals surface area contributed by atoms with Crippen molar-refractivity contribution in [2.75, 3.05) is 26.2 Å². The van der Waals surface area contributed by atoms with Crippen LogP contribution < -0.4 is 0 Å². The van der Waals surface area contributed by atoms with Gasteiger partial charge < -0.3 is 4.90 Å². The molecule has 0 aliphatic carbocycles. The van der Waals surface area contributed by atoms with Crippen LogP contribution in [0.25, 0.3) is 0 Å². The van der Waals surface area contributed by atoms with Crippen molar-refractivity contribution in [3.8, 4) is 0 Å². The molecule has 5 rings (SSSR count). The van der Waals surface area contributed by atoms with Crippen LogP contribution in [0.1, 0.15) is 40.6 Å². The van der Waals surface area contributed by atoms with E-state index in [1.165, 1.54) is 22.3 Å². The summed E-state index contributed by atoms with van der Waals surface area (Å²) in [5.41, 5.74) is 4.79. The highest BCUT2D eigenvalue weighted by molar-refractivity contribution is 6.30. The van der Waals surface area contributed by atoms with Gasteiger partial charge in [-0.05, 0) is 34.4 Å². The summed E-state index contributed by atoms with van der Waals surface area (Å²) in [6.07, 6.45) is 0.477. The minimum atomic E-state index is 0.0569. The Morgan fingerprint density at radius 2 is 1.14 bits per heavy atom. The quantitative estimate of drug-likeness (QED) is 0.282. The Kier molecular flexibility index (Phi) is 7.80. The van der Waals surface area contributed by atoms with Gasteiger partial charge in [0.1, 0.15) is 0 Å². The minimum absolute atomic E-state index is 0.0569. The molecule has 1 saturated heterocycles. The van der Waals surface area contributed by atoms with Crippen molar-refractivity contribution in [1.29, 1.82) is 0 Å². The van der Waals surface area contributed by atoms with Gasteiger partial charge in [0.05, 0.1) is 6.04 Å². The maximum absolute atomic E-state index is 13.5. The highest BCUT2D eigenvalue weighted by Crippen LogP contribution is 2.32. The highest BCUT2D eigenvalue weighted by Gasteiger charge is 2.29. The number of amides is 1. The number of hydrogen-bond donors (Lipinski definition) is 0. The van der Waals surface area contributed by atoms with E-state index >= 15 is 0 Å². The lowest BCUT2D eigenvalue weighted by atomic mass is 9.88. The van der Waals surface area contributed by atoms with E-state index in [0.717, 1.165) is 31.2 Å². The standard InChI is InChI=1S/C32H31ClN2O/c33-29-18-10-17-28(23-29)32(27-15-8-3-9-16-27)35-21-19-34(20-22-35)31(36)24-30(25-11-4-1-5-12-25)26-13-6-2-7-14-26/h1-18,23,30,32H,19-22,24H2. The zero-order valence-electron chi connectivity index (χ0n) is 20.3. The molecule has 0 aromatic heterocycles. The lowest BCUT2D eigenvalue weighted by molar-refractivity contribution is -0.133.